The van der Waals surface area contributed by atoms with E-state index >= 15 is 0 Å². The smallest absolute Gasteiger partial charge is 0.203 e. The van der Waals surface area contributed by atoms with Gasteiger partial charge in [-0.15, -0.1) is 0 Å². The van der Waals surface area contributed by atoms with Crippen molar-refractivity contribution in [3.8, 4) is 11.5 Å². The highest BCUT2D eigenvalue weighted by molar-refractivity contribution is 7.10. The van der Waals surface area contributed by atoms with Crippen LogP contribution in [0.25, 0.3) is 11.5 Å². The van der Waals surface area contributed by atoms with Gasteiger partial charge in [0.15, 0.2) is 5.82 Å². The van der Waals surface area contributed by atoms with Gasteiger partial charge in [-0.25, -0.2) is 4.98 Å². The van der Waals surface area contributed by atoms with E-state index in [1.165, 1.54) is 11.5 Å². The maximum absolute atomic E-state index is 5.72. The number of aryl methyl sites for hydroxylation is 1. The van der Waals surface area contributed by atoms with E-state index in [0.29, 0.717) is 10.3 Å². The first-order valence-electron chi connectivity index (χ1n) is 4.24. The Balaban J connectivity index is 2.50. The van der Waals surface area contributed by atoms with Gasteiger partial charge in [-0.2, -0.15) is 4.37 Å². The summed E-state index contributed by atoms with van der Waals surface area (Å²) >= 11 is 6.91. The van der Waals surface area contributed by atoms with Crippen molar-refractivity contribution in [2.45, 2.75) is 13.3 Å². The van der Waals surface area contributed by atoms with E-state index in [1.54, 1.807) is 6.20 Å². The van der Waals surface area contributed by atoms with E-state index in [4.69, 9.17) is 11.6 Å². The second kappa shape index (κ2) is 4.02. The zero-order valence-electron chi connectivity index (χ0n) is 7.57. The van der Waals surface area contributed by atoms with Crippen molar-refractivity contribution in [3.63, 3.8) is 0 Å². The molecule has 0 amide bonds. The first-order chi connectivity index (χ1) is 6.81. The number of aromatic nitrogens is 3. The summed E-state index contributed by atoms with van der Waals surface area (Å²) in [6.07, 6.45) is 2.66. The van der Waals surface area contributed by atoms with E-state index in [9.17, 15) is 0 Å². The van der Waals surface area contributed by atoms with Crippen molar-refractivity contribution >= 4 is 23.1 Å². The topological polar surface area (TPSA) is 38.7 Å². The average Bonchev–Trinajstić information content (AvgIpc) is 2.65. The molecule has 0 saturated heterocycles. The molecule has 14 heavy (non-hydrogen) atoms. The first kappa shape index (κ1) is 9.55. The predicted molar refractivity (Wildman–Crippen MR) is 57.5 cm³/mol. The predicted octanol–water partition coefficient (Wildman–Crippen LogP) is 2.82. The van der Waals surface area contributed by atoms with Gasteiger partial charge >= 0.3 is 0 Å². The standard InChI is InChI=1S/C9H8ClN3S/c1-2-6-4-3-5-11-7(6)8-12-9(10)14-13-8/h3-5H,2H2,1H3. The van der Waals surface area contributed by atoms with Crippen molar-refractivity contribution in [1.29, 1.82) is 0 Å². The second-order valence-corrected chi connectivity index (χ2v) is 4.07. The van der Waals surface area contributed by atoms with Crippen LogP contribution in [0.4, 0.5) is 0 Å². The van der Waals surface area contributed by atoms with Gasteiger partial charge in [-0.05, 0) is 41.2 Å². The van der Waals surface area contributed by atoms with Crippen LogP contribution in [-0.2, 0) is 6.42 Å². The molecule has 5 heteroatoms. The Morgan fingerprint density at radius 1 is 1.50 bits per heavy atom. The third-order valence-electron chi connectivity index (χ3n) is 1.89. The van der Waals surface area contributed by atoms with E-state index in [0.717, 1.165) is 17.7 Å². The summed E-state index contributed by atoms with van der Waals surface area (Å²) in [5.74, 6) is 0.623. The molecule has 0 spiro atoms. The summed E-state index contributed by atoms with van der Waals surface area (Å²) in [5, 5.41) is 0. The van der Waals surface area contributed by atoms with Gasteiger partial charge < -0.3 is 0 Å². The monoisotopic (exact) mass is 225 g/mol. The summed E-state index contributed by atoms with van der Waals surface area (Å²) in [6.45, 7) is 2.08. The van der Waals surface area contributed by atoms with Crippen LogP contribution in [0, 0.1) is 0 Å². The number of hydrogen-bond donors (Lipinski definition) is 0. The fraction of sp³-hybridized carbons (Fsp3) is 0.222. The van der Waals surface area contributed by atoms with Gasteiger partial charge in [0.25, 0.3) is 0 Å². The zero-order valence-corrected chi connectivity index (χ0v) is 9.14. The Morgan fingerprint density at radius 2 is 2.36 bits per heavy atom. The third-order valence-corrected chi connectivity index (χ3v) is 2.68. The van der Waals surface area contributed by atoms with E-state index in [1.807, 2.05) is 12.1 Å². The van der Waals surface area contributed by atoms with Crippen LogP contribution in [0.15, 0.2) is 18.3 Å². The van der Waals surface area contributed by atoms with Crippen molar-refractivity contribution in [1.82, 2.24) is 14.3 Å². The highest BCUT2D eigenvalue weighted by atomic mass is 35.5. The van der Waals surface area contributed by atoms with Crippen LogP contribution in [0.2, 0.25) is 4.47 Å². The maximum Gasteiger partial charge on any atom is 0.203 e. The van der Waals surface area contributed by atoms with Crippen molar-refractivity contribution < 1.29 is 0 Å². The van der Waals surface area contributed by atoms with Crippen LogP contribution in [0.1, 0.15) is 12.5 Å². The molecular weight excluding hydrogens is 218 g/mol. The molecule has 0 radical (unpaired) electrons. The molecule has 2 aromatic rings. The summed E-state index contributed by atoms with van der Waals surface area (Å²) in [7, 11) is 0. The van der Waals surface area contributed by atoms with Gasteiger partial charge in [0.2, 0.25) is 4.47 Å². The van der Waals surface area contributed by atoms with E-state index < -0.39 is 0 Å². The number of pyridine rings is 1. The molecule has 0 aliphatic rings. The lowest BCUT2D eigenvalue weighted by Gasteiger charge is -2.00. The summed E-state index contributed by atoms with van der Waals surface area (Å²) < 4.78 is 4.58. The van der Waals surface area contributed by atoms with Gasteiger partial charge in [0.1, 0.15) is 5.69 Å². The van der Waals surface area contributed by atoms with Crippen molar-refractivity contribution in [3.05, 3.63) is 28.4 Å². The normalized spacial score (nSPS) is 10.4. The molecule has 0 bridgehead atoms. The molecular formula is C9H8ClN3S. The second-order valence-electron chi connectivity index (χ2n) is 2.74. The first-order valence-corrected chi connectivity index (χ1v) is 5.40. The van der Waals surface area contributed by atoms with Crippen LogP contribution < -0.4 is 0 Å². The number of rotatable bonds is 2. The molecule has 0 aromatic carbocycles. The average molecular weight is 226 g/mol. The highest BCUT2D eigenvalue weighted by Gasteiger charge is 2.09. The highest BCUT2D eigenvalue weighted by Crippen LogP contribution is 2.22. The SMILES string of the molecule is CCc1cccnc1-c1nsc(Cl)n1. The van der Waals surface area contributed by atoms with Crippen molar-refractivity contribution in [2.75, 3.05) is 0 Å². The fourth-order valence-electron chi connectivity index (χ4n) is 1.23. The van der Waals surface area contributed by atoms with Crippen LogP contribution >= 0.6 is 23.1 Å². The Hall–Kier alpha value is -1.000. The molecule has 2 rings (SSSR count). The molecule has 2 heterocycles. The third kappa shape index (κ3) is 1.76. The van der Waals surface area contributed by atoms with Crippen LogP contribution in [-0.4, -0.2) is 14.3 Å². The molecule has 3 nitrogen and oxygen atoms in total. The fourth-order valence-corrected chi connectivity index (χ4v) is 1.83. The molecule has 0 fully saturated rings. The molecule has 0 N–H and O–H groups in total. The minimum absolute atomic E-state index is 0.452. The number of hydrogen-bond acceptors (Lipinski definition) is 4. The van der Waals surface area contributed by atoms with Crippen LogP contribution in [0.3, 0.4) is 0 Å². The Bertz CT molecular complexity index is 441. The largest absolute Gasteiger partial charge is 0.253 e. The van der Waals surface area contributed by atoms with Gasteiger partial charge in [0.05, 0.1) is 0 Å². The van der Waals surface area contributed by atoms with Gasteiger partial charge in [0, 0.05) is 6.20 Å². The quantitative estimate of drug-likeness (QED) is 0.789. The minimum atomic E-state index is 0.452. The number of nitrogens with zero attached hydrogens (tertiary/aromatic N) is 3. The van der Waals surface area contributed by atoms with Crippen LogP contribution in [0.5, 0.6) is 0 Å². The molecule has 2 aromatic heterocycles. The lowest BCUT2D eigenvalue weighted by atomic mass is 10.1. The van der Waals surface area contributed by atoms with Crippen molar-refractivity contribution in [2.24, 2.45) is 0 Å². The minimum Gasteiger partial charge on any atom is -0.253 e. The maximum atomic E-state index is 5.72. The number of halogens is 1. The zero-order chi connectivity index (χ0) is 9.97. The summed E-state index contributed by atoms with van der Waals surface area (Å²) in [5.41, 5.74) is 1.97. The Kier molecular flexibility index (Phi) is 2.74. The lowest BCUT2D eigenvalue weighted by Crippen LogP contribution is -1.92. The Morgan fingerprint density at radius 3 is 3.00 bits per heavy atom. The summed E-state index contributed by atoms with van der Waals surface area (Å²) in [6, 6.07) is 3.94. The van der Waals surface area contributed by atoms with E-state index in [-0.39, 0.29) is 0 Å². The van der Waals surface area contributed by atoms with E-state index in [2.05, 4.69) is 21.3 Å². The molecule has 0 aliphatic heterocycles. The van der Waals surface area contributed by atoms with Gasteiger partial charge in [-0.1, -0.05) is 13.0 Å². The Labute approximate surface area is 91.0 Å². The summed E-state index contributed by atoms with van der Waals surface area (Å²) in [4.78, 5) is 8.36. The molecule has 0 atom stereocenters. The molecule has 0 unspecified atom stereocenters. The van der Waals surface area contributed by atoms with Gasteiger partial charge in [-0.3, -0.25) is 4.98 Å². The lowest BCUT2D eigenvalue weighted by molar-refractivity contribution is 1.09. The molecule has 72 valence electrons. The molecule has 0 saturated carbocycles. The molecule has 0 aliphatic carbocycles.